The average molecular weight is 371 g/mol. The van der Waals surface area contributed by atoms with Crippen LogP contribution in [0.3, 0.4) is 0 Å². The fourth-order valence-electron chi connectivity index (χ4n) is 2.81. The van der Waals surface area contributed by atoms with E-state index in [9.17, 15) is 8.78 Å². The summed E-state index contributed by atoms with van der Waals surface area (Å²) in [6.45, 7) is 0.485. The van der Waals surface area contributed by atoms with Crippen LogP contribution >= 0.6 is 11.6 Å². The van der Waals surface area contributed by atoms with E-state index in [-0.39, 0.29) is 5.56 Å². The Bertz CT molecular complexity index is 1080. The van der Waals surface area contributed by atoms with E-state index in [2.05, 4.69) is 15.1 Å². The van der Waals surface area contributed by atoms with Gasteiger partial charge in [0, 0.05) is 29.7 Å². The van der Waals surface area contributed by atoms with E-state index in [1.54, 1.807) is 41.6 Å². The van der Waals surface area contributed by atoms with Crippen molar-refractivity contribution in [2.75, 3.05) is 0 Å². The third-order valence-corrected chi connectivity index (χ3v) is 4.27. The van der Waals surface area contributed by atoms with Crippen molar-refractivity contribution in [3.05, 3.63) is 77.3 Å². The van der Waals surface area contributed by atoms with Crippen molar-refractivity contribution in [1.82, 2.24) is 19.7 Å². The highest BCUT2D eigenvalue weighted by Crippen LogP contribution is 2.27. The maximum absolute atomic E-state index is 13.0. The molecule has 0 saturated heterocycles. The van der Waals surface area contributed by atoms with Crippen LogP contribution in [0.5, 0.6) is 0 Å². The number of benzene rings is 1. The monoisotopic (exact) mass is 370 g/mol. The van der Waals surface area contributed by atoms with Crippen molar-refractivity contribution in [3.8, 4) is 11.1 Å². The minimum Gasteiger partial charge on any atom is -0.263 e. The molecule has 130 valence electrons. The van der Waals surface area contributed by atoms with Gasteiger partial charge in [0.25, 0.3) is 6.43 Å². The second-order valence-electron chi connectivity index (χ2n) is 5.87. The second kappa shape index (κ2) is 6.80. The number of aromatic nitrogens is 4. The van der Waals surface area contributed by atoms with Gasteiger partial charge in [-0.15, -0.1) is 0 Å². The van der Waals surface area contributed by atoms with Gasteiger partial charge in [-0.3, -0.25) is 14.6 Å². The lowest BCUT2D eigenvalue weighted by atomic mass is 10.0. The molecule has 1 aromatic carbocycles. The first-order valence-corrected chi connectivity index (χ1v) is 8.27. The summed E-state index contributed by atoms with van der Waals surface area (Å²) in [6.07, 6.45) is 4.13. The standard InChI is InChI=1S/C19H13ClF2N4/c20-16-4-12(7-23-9-16)11-26-18-6-15(8-24-17(18)10-25-26)13-2-1-3-14(5-13)19(21)22/h1-10,19H,11H2. The van der Waals surface area contributed by atoms with Crippen molar-refractivity contribution in [3.63, 3.8) is 0 Å². The zero-order chi connectivity index (χ0) is 18.1. The molecule has 0 spiro atoms. The van der Waals surface area contributed by atoms with Crippen LogP contribution in [0.4, 0.5) is 8.78 Å². The maximum Gasteiger partial charge on any atom is 0.263 e. The van der Waals surface area contributed by atoms with Gasteiger partial charge < -0.3 is 0 Å². The average Bonchev–Trinajstić information content (AvgIpc) is 3.04. The van der Waals surface area contributed by atoms with Crippen molar-refractivity contribution in [2.24, 2.45) is 0 Å². The van der Waals surface area contributed by atoms with Crippen LogP contribution in [0.1, 0.15) is 17.6 Å². The molecule has 3 heterocycles. The Balaban J connectivity index is 1.74. The summed E-state index contributed by atoms with van der Waals surface area (Å²) in [7, 11) is 0. The highest BCUT2D eigenvalue weighted by Gasteiger charge is 2.11. The molecule has 0 atom stereocenters. The van der Waals surface area contributed by atoms with Crippen molar-refractivity contribution in [2.45, 2.75) is 13.0 Å². The number of halogens is 3. The number of rotatable bonds is 4. The van der Waals surface area contributed by atoms with Gasteiger partial charge in [0.05, 0.1) is 23.3 Å². The van der Waals surface area contributed by atoms with Crippen LogP contribution in [-0.2, 0) is 6.54 Å². The van der Waals surface area contributed by atoms with Gasteiger partial charge in [-0.25, -0.2) is 8.78 Å². The molecule has 0 unspecified atom stereocenters. The van der Waals surface area contributed by atoms with Crippen LogP contribution in [0.2, 0.25) is 5.02 Å². The van der Waals surface area contributed by atoms with Crippen LogP contribution < -0.4 is 0 Å². The quantitative estimate of drug-likeness (QED) is 0.500. The van der Waals surface area contributed by atoms with E-state index in [1.165, 1.54) is 12.1 Å². The lowest BCUT2D eigenvalue weighted by molar-refractivity contribution is 0.151. The summed E-state index contributed by atoms with van der Waals surface area (Å²) >= 11 is 5.98. The third kappa shape index (κ3) is 3.28. The molecule has 7 heteroatoms. The molecule has 0 bridgehead atoms. The van der Waals surface area contributed by atoms with E-state index in [4.69, 9.17) is 11.6 Å². The Kier molecular flexibility index (Phi) is 4.34. The molecule has 0 fully saturated rings. The van der Waals surface area contributed by atoms with Crippen molar-refractivity contribution >= 4 is 22.6 Å². The molecule has 4 aromatic rings. The van der Waals surface area contributed by atoms with E-state index < -0.39 is 6.43 Å². The summed E-state index contributed by atoms with van der Waals surface area (Å²) in [5, 5.41) is 4.92. The largest absolute Gasteiger partial charge is 0.263 e. The minimum atomic E-state index is -2.51. The van der Waals surface area contributed by atoms with Crippen LogP contribution in [0.15, 0.2) is 61.2 Å². The summed E-state index contributed by atoms with van der Waals surface area (Å²) in [5.74, 6) is 0. The Morgan fingerprint density at radius 2 is 1.88 bits per heavy atom. The number of pyridine rings is 2. The molecular formula is C19H13ClF2N4. The summed E-state index contributed by atoms with van der Waals surface area (Å²) in [4.78, 5) is 8.48. The highest BCUT2D eigenvalue weighted by molar-refractivity contribution is 6.30. The zero-order valence-electron chi connectivity index (χ0n) is 13.5. The fourth-order valence-corrected chi connectivity index (χ4v) is 3.01. The number of nitrogens with zero attached hydrogens (tertiary/aromatic N) is 4. The Morgan fingerprint density at radius 1 is 1.00 bits per heavy atom. The second-order valence-corrected chi connectivity index (χ2v) is 6.30. The van der Waals surface area contributed by atoms with Gasteiger partial charge in [0.1, 0.15) is 5.52 Å². The van der Waals surface area contributed by atoms with Crippen LogP contribution in [0, 0.1) is 0 Å². The summed E-state index contributed by atoms with van der Waals surface area (Å²) in [6, 6.07) is 10.0. The topological polar surface area (TPSA) is 43.6 Å². The van der Waals surface area contributed by atoms with Crippen LogP contribution in [0.25, 0.3) is 22.2 Å². The van der Waals surface area contributed by atoms with Gasteiger partial charge in [-0.05, 0) is 29.3 Å². The summed E-state index contributed by atoms with van der Waals surface area (Å²) < 4.78 is 27.7. The van der Waals surface area contributed by atoms with E-state index in [1.807, 2.05) is 12.1 Å². The lowest BCUT2D eigenvalue weighted by Crippen LogP contribution is -2.02. The first-order chi connectivity index (χ1) is 12.6. The van der Waals surface area contributed by atoms with E-state index >= 15 is 0 Å². The smallest absolute Gasteiger partial charge is 0.263 e. The first kappa shape index (κ1) is 16.6. The normalized spacial score (nSPS) is 11.4. The molecule has 0 aliphatic rings. The Morgan fingerprint density at radius 3 is 2.69 bits per heavy atom. The van der Waals surface area contributed by atoms with Gasteiger partial charge in [0.15, 0.2) is 0 Å². The van der Waals surface area contributed by atoms with Gasteiger partial charge in [0.2, 0.25) is 0 Å². The molecule has 3 aromatic heterocycles. The zero-order valence-corrected chi connectivity index (χ0v) is 14.2. The number of alkyl halides is 2. The maximum atomic E-state index is 13.0. The molecular weight excluding hydrogens is 358 g/mol. The predicted molar refractivity (Wildman–Crippen MR) is 96.3 cm³/mol. The Labute approximate surface area is 153 Å². The third-order valence-electron chi connectivity index (χ3n) is 4.06. The summed E-state index contributed by atoms with van der Waals surface area (Å²) in [5.41, 5.74) is 3.88. The molecule has 0 saturated carbocycles. The molecule has 0 N–H and O–H groups in total. The number of hydrogen-bond acceptors (Lipinski definition) is 3. The van der Waals surface area contributed by atoms with Gasteiger partial charge in [-0.2, -0.15) is 5.10 Å². The van der Waals surface area contributed by atoms with E-state index in [0.29, 0.717) is 17.1 Å². The molecule has 4 nitrogen and oxygen atoms in total. The first-order valence-electron chi connectivity index (χ1n) is 7.89. The highest BCUT2D eigenvalue weighted by atomic mass is 35.5. The molecule has 0 aliphatic carbocycles. The van der Waals surface area contributed by atoms with E-state index in [0.717, 1.165) is 22.2 Å². The lowest BCUT2D eigenvalue weighted by Gasteiger charge is -2.07. The van der Waals surface area contributed by atoms with Crippen molar-refractivity contribution in [1.29, 1.82) is 0 Å². The molecule has 0 radical (unpaired) electrons. The SMILES string of the molecule is FC(F)c1cccc(-c2cnc3cnn(Cc4cncc(Cl)c4)c3c2)c1. The number of fused-ring (bicyclic) bond motifs is 1. The van der Waals surface area contributed by atoms with Crippen LogP contribution in [-0.4, -0.2) is 19.7 Å². The minimum absolute atomic E-state index is 0.0129. The molecule has 0 amide bonds. The fraction of sp³-hybridized carbons (Fsp3) is 0.105. The molecule has 26 heavy (non-hydrogen) atoms. The van der Waals surface area contributed by atoms with Crippen molar-refractivity contribution < 1.29 is 8.78 Å². The molecule has 4 rings (SSSR count). The molecule has 0 aliphatic heterocycles. The number of hydrogen-bond donors (Lipinski definition) is 0. The Hall–Kier alpha value is -2.86. The van der Waals surface area contributed by atoms with Gasteiger partial charge in [-0.1, -0.05) is 29.8 Å². The van der Waals surface area contributed by atoms with Gasteiger partial charge >= 0.3 is 0 Å². The predicted octanol–water partition coefficient (Wildman–Crippen LogP) is 5.13.